The predicted octanol–water partition coefficient (Wildman–Crippen LogP) is 2.96. The first-order valence-corrected chi connectivity index (χ1v) is 7.58. The maximum Gasteiger partial charge on any atom is 0.227 e. The van der Waals surface area contributed by atoms with Gasteiger partial charge in [-0.1, -0.05) is 6.42 Å². The van der Waals surface area contributed by atoms with Crippen molar-refractivity contribution in [3.63, 3.8) is 0 Å². The van der Waals surface area contributed by atoms with E-state index in [-0.39, 0.29) is 29.6 Å². The molecule has 0 spiro atoms. The first-order chi connectivity index (χ1) is 10.0. The fourth-order valence-corrected chi connectivity index (χ4v) is 2.95. The van der Waals surface area contributed by atoms with E-state index in [9.17, 15) is 9.18 Å². The summed E-state index contributed by atoms with van der Waals surface area (Å²) in [6, 6.07) is 4.60. The van der Waals surface area contributed by atoms with Gasteiger partial charge in [-0.05, 0) is 57.4 Å². The Morgan fingerprint density at radius 2 is 2.14 bits per heavy atom. The predicted molar refractivity (Wildman–Crippen MR) is 83.7 cm³/mol. The number of rotatable bonds is 5. The van der Waals surface area contributed by atoms with E-state index in [1.807, 2.05) is 13.8 Å². The van der Waals surface area contributed by atoms with Gasteiger partial charge in [0.1, 0.15) is 5.82 Å². The molecule has 0 radical (unpaired) electrons. The number of benzene rings is 1. The number of hydrogen-bond acceptors (Lipinski definition) is 3. The van der Waals surface area contributed by atoms with Crippen LogP contribution < -0.4 is 16.4 Å². The van der Waals surface area contributed by atoms with Crippen LogP contribution in [-0.4, -0.2) is 18.5 Å². The Labute approximate surface area is 125 Å². The zero-order valence-corrected chi connectivity index (χ0v) is 12.7. The number of nitrogens with one attached hydrogen (secondary N) is 2. The molecule has 1 fully saturated rings. The highest BCUT2D eigenvalue weighted by Gasteiger charge is 2.32. The summed E-state index contributed by atoms with van der Waals surface area (Å²) in [5.41, 5.74) is 6.96. The third-order valence-electron chi connectivity index (χ3n) is 3.98. The van der Waals surface area contributed by atoms with Crippen LogP contribution in [0.2, 0.25) is 0 Å². The summed E-state index contributed by atoms with van der Waals surface area (Å²) >= 11 is 0. The fourth-order valence-electron chi connectivity index (χ4n) is 2.95. The number of hydrogen-bond donors (Lipinski definition) is 3. The van der Waals surface area contributed by atoms with Gasteiger partial charge in [0.15, 0.2) is 0 Å². The molecule has 116 valence electrons. The largest absolute Gasteiger partial charge is 0.381 e. The minimum absolute atomic E-state index is 0.0552. The van der Waals surface area contributed by atoms with E-state index in [0.29, 0.717) is 12.2 Å². The van der Waals surface area contributed by atoms with Crippen LogP contribution in [0.15, 0.2) is 18.2 Å². The number of amides is 1. The molecule has 21 heavy (non-hydrogen) atoms. The van der Waals surface area contributed by atoms with Gasteiger partial charge in [0, 0.05) is 12.0 Å². The number of carbonyl (C=O) groups excluding carboxylic acids is 1. The van der Waals surface area contributed by atoms with E-state index in [1.165, 1.54) is 12.1 Å². The molecule has 0 aliphatic heterocycles. The molecule has 0 bridgehead atoms. The highest BCUT2D eigenvalue weighted by molar-refractivity contribution is 5.96. The summed E-state index contributed by atoms with van der Waals surface area (Å²) in [5, 5.41) is 6.08. The molecule has 4 nitrogen and oxygen atoms in total. The third-order valence-corrected chi connectivity index (χ3v) is 3.98. The molecular weight excluding hydrogens is 269 g/mol. The third kappa shape index (κ3) is 3.94. The molecule has 0 saturated heterocycles. The van der Waals surface area contributed by atoms with Crippen LogP contribution >= 0.6 is 0 Å². The number of halogens is 1. The van der Waals surface area contributed by atoms with Crippen molar-refractivity contribution in [3.05, 3.63) is 24.0 Å². The van der Waals surface area contributed by atoms with Gasteiger partial charge >= 0.3 is 0 Å². The van der Waals surface area contributed by atoms with Crippen LogP contribution in [0.1, 0.15) is 33.1 Å². The van der Waals surface area contributed by atoms with Crippen molar-refractivity contribution >= 4 is 17.3 Å². The van der Waals surface area contributed by atoms with E-state index in [4.69, 9.17) is 5.73 Å². The van der Waals surface area contributed by atoms with E-state index in [2.05, 4.69) is 10.6 Å². The maximum atomic E-state index is 13.5. The number of anilines is 2. The van der Waals surface area contributed by atoms with Gasteiger partial charge in [0.05, 0.1) is 11.4 Å². The fraction of sp³-hybridized carbons (Fsp3) is 0.562. The smallest absolute Gasteiger partial charge is 0.227 e. The zero-order chi connectivity index (χ0) is 15.4. The van der Waals surface area contributed by atoms with Gasteiger partial charge in [0.25, 0.3) is 0 Å². The molecule has 2 rings (SSSR count). The van der Waals surface area contributed by atoms with E-state index >= 15 is 0 Å². The van der Waals surface area contributed by atoms with Crippen LogP contribution in [-0.2, 0) is 4.79 Å². The second-order valence-electron chi connectivity index (χ2n) is 6.01. The number of nitrogens with two attached hydrogens (primary N) is 1. The summed E-state index contributed by atoms with van der Waals surface area (Å²) in [6.07, 6.45) is 2.88. The standard InChI is InChI=1S/C16H24FN3O/c1-10(2)19-14-7-6-12(17)8-15(14)20-16(21)13-5-3-4-11(13)9-18/h6-8,10-11,13,19H,3-5,9,18H2,1-2H3,(H,20,21)/t11-,13-/m1/s1. The second kappa shape index (κ2) is 6.89. The van der Waals surface area contributed by atoms with Crippen LogP contribution in [0.4, 0.5) is 15.8 Å². The summed E-state index contributed by atoms with van der Waals surface area (Å²) in [4.78, 5) is 12.4. The van der Waals surface area contributed by atoms with Crippen molar-refractivity contribution in [1.82, 2.24) is 0 Å². The lowest BCUT2D eigenvalue weighted by Crippen LogP contribution is -2.30. The first-order valence-electron chi connectivity index (χ1n) is 7.58. The van der Waals surface area contributed by atoms with E-state index < -0.39 is 0 Å². The monoisotopic (exact) mass is 293 g/mol. The Morgan fingerprint density at radius 1 is 1.38 bits per heavy atom. The van der Waals surface area contributed by atoms with Gasteiger partial charge in [-0.25, -0.2) is 4.39 Å². The minimum Gasteiger partial charge on any atom is -0.381 e. The van der Waals surface area contributed by atoms with Gasteiger partial charge in [-0.15, -0.1) is 0 Å². The molecule has 4 N–H and O–H groups in total. The summed E-state index contributed by atoms with van der Waals surface area (Å²) in [7, 11) is 0. The highest BCUT2D eigenvalue weighted by Crippen LogP contribution is 2.33. The maximum absolute atomic E-state index is 13.5. The lowest BCUT2D eigenvalue weighted by atomic mass is 9.95. The average molecular weight is 293 g/mol. The first kappa shape index (κ1) is 15.8. The SMILES string of the molecule is CC(C)Nc1ccc(F)cc1NC(=O)[C@@H]1CCC[C@@H]1CN. The van der Waals surface area contributed by atoms with Crippen LogP contribution in [0.3, 0.4) is 0 Å². The molecule has 1 aliphatic carbocycles. The Morgan fingerprint density at radius 3 is 2.81 bits per heavy atom. The molecule has 1 aromatic rings. The summed E-state index contributed by atoms with van der Waals surface area (Å²) < 4.78 is 13.5. The summed E-state index contributed by atoms with van der Waals surface area (Å²) in [6.45, 7) is 4.52. The van der Waals surface area contributed by atoms with Gasteiger partial charge in [-0.2, -0.15) is 0 Å². The van der Waals surface area contributed by atoms with Crippen molar-refractivity contribution in [2.45, 2.75) is 39.2 Å². The van der Waals surface area contributed by atoms with Crippen molar-refractivity contribution in [1.29, 1.82) is 0 Å². The molecule has 5 heteroatoms. The van der Waals surface area contributed by atoms with Crippen molar-refractivity contribution in [2.75, 3.05) is 17.2 Å². The normalized spacial score (nSPS) is 21.6. The van der Waals surface area contributed by atoms with E-state index in [0.717, 1.165) is 24.9 Å². The molecule has 0 heterocycles. The van der Waals surface area contributed by atoms with Crippen LogP contribution in [0, 0.1) is 17.7 Å². The Kier molecular flexibility index (Phi) is 5.17. The van der Waals surface area contributed by atoms with Crippen molar-refractivity contribution in [2.24, 2.45) is 17.6 Å². The second-order valence-corrected chi connectivity index (χ2v) is 6.01. The highest BCUT2D eigenvalue weighted by atomic mass is 19.1. The van der Waals surface area contributed by atoms with Gasteiger partial charge in [0.2, 0.25) is 5.91 Å². The molecule has 1 aliphatic rings. The van der Waals surface area contributed by atoms with Crippen molar-refractivity contribution < 1.29 is 9.18 Å². The molecule has 2 atom stereocenters. The average Bonchev–Trinajstić information content (AvgIpc) is 2.90. The molecule has 1 saturated carbocycles. The molecule has 1 aromatic carbocycles. The Hall–Kier alpha value is -1.62. The number of carbonyl (C=O) groups is 1. The molecular formula is C16H24FN3O. The Bertz CT molecular complexity index is 504. The van der Waals surface area contributed by atoms with Crippen LogP contribution in [0.5, 0.6) is 0 Å². The summed E-state index contributed by atoms with van der Waals surface area (Å²) in [5.74, 6) is -0.244. The molecule has 1 amide bonds. The van der Waals surface area contributed by atoms with Crippen molar-refractivity contribution in [3.8, 4) is 0 Å². The molecule has 0 unspecified atom stereocenters. The van der Waals surface area contributed by atoms with E-state index in [1.54, 1.807) is 6.07 Å². The zero-order valence-electron chi connectivity index (χ0n) is 12.7. The minimum atomic E-state index is -0.360. The lowest BCUT2D eigenvalue weighted by Gasteiger charge is -2.20. The van der Waals surface area contributed by atoms with Gasteiger partial charge < -0.3 is 16.4 Å². The Balaban J connectivity index is 2.14. The molecule has 0 aromatic heterocycles. The van der Waals surface area contributed by atoms with Crippen LogP contribution in [0.25, 0.3) is 0 Å². The lowest BCUT2D eigenvalue weighted by molar-refractivity contribution is -0.120. The quantitative estimate of drug-likeness (QED) is 0.782. The topological polar surface area (TPSA) is 67.1 Å². The van der Waals surface area contributed by atoms with Gasteiger partial charge in [-0.3, -0.25) is 4.79 Å².